The molecule has 8 heteroatoms. The third kappa shape index (κ3) is 6.48. The Labute approximate surface area is 191 Å². The Hall–Kier alpha value is -2.54. The average Bonchev–Trinajstić information content (AvgIpc) is 3.14. The molecule has 0 fully saturated rings. The summed E-state index contributed by atoms with van der Waals surface area (Å²) in [4.78, 5) is 20.1. The molecule has 0 aromatic heterocycles. The van der Waals surface area contributed by atoms with Crippen molar-refractivity contribution < 1.29 is 22.8 Å². The fraction of sp³-hybridized carbons (Fsp3) is 0.417. The Kier molecular flexibility index (Phi) is 7.18. The van der Waals surface area contributed by atoms with Gasteiger partial charge in [0.05, 0.1) is 17.8 Å². The minimum atomic E-state index is -4.44. The van der Waals surface area contributed by atoms with Gasteiger partial charge < -0.3 is 9.74 Å². The predicted molar refractivity (Wildman–Crippen MR) is 118 cm³/mol. The first kappa shape index (κ1) is 24.1. The highest BCUT2D eigenvalue weighted by Crippen LogP contribution is 2.30. The minimum Gasteiger partial charge on any atom is -0.390 e. The molecule has 0 N–H and O–H groups in total. The molecule has 1 aliphatic rings. The monoisotopic (exact) mass is 466 g/mol. The maximum absolute atomic E-state index is 13.1. The van der Waals surface area contributed by atoms with Crippen molar-refractivity contribution in [2.75, 3.05) is 6.54 Å². The summed E-state index contributed by atoms with van der Waals surface area (Å²) in [5.74, 6) is -0.148. The van der Waals surface area contributed by atoms with Crippen LogP contribution in [0.5, 0.6) is 0 Å². The van der Waals surface area contributed by atoms with E-state index in [9.17, 15) is 18.0 Å². The molecule has 1 heterocycles. The van der Waals surface area contributed by atoms with Crippen LogP contribution in [-0.2, 0) is 22.4 Å². The lowest BCUT2D eigenvalue weighted by Gasteiger charge is -2.28. The number of halogens is 4. The number of rotatable bonds is 6. The molecule has 4 nitrogen and oxygen atoms in total. The van der Waals surface area contributed by atoms with E-state index < -0.39 is 17.8 Å². The lowest BCUT2D eigenvalue weighted by molar-refractivity contribution is -0.137. The van der Waals surface area contributed by atoms with E-state index >= 15 is 0 Å². The number of nitrogens with zero attached hydrogens (tertiary/aromatic N) is 2. The van der Waals surface area contributed by atoms with Crippen LogP contribution in [0.25, 0.3) is 0 Å². The first-order chi connectivity index (χ1) is 14.9. The van der Waals surface area contributed by atoms with Gasteiger partial charge >= 0.3 is 6.18 Å². The fourth-order valence-electron chi connectivity index (χ4n) is 3.51. The van der Waals surface area contributed by atoms with Crippen molar-refractivity contribution in [1.82, 2.24) is 4.90 Å². The number of oxime groups is 1. The Bertz CT molecular complexity index is 999. The van der Waals surface area contributed by atoms with Gasteiger partial charge in [0.25, 0.3) is 0 Å². The summed E-state index contributed by atoms with van der Waals surface area (Å²) in [7, 11) is 0. The van der Waals surface area contributed by atoms with Crippen molar-refractivity contribution in [3.63, 3.8) is 0 Å². The highest BCUT2D eigenvalue weighted by atomic mass is 35.5. The molecular formula is C24H26ClF3N2O2. The molecule has 0 radical (unpaired) electrons. The second-order valence-electron chi connectivity index (χ2n) is 9.16. The predicted octanol–water partition coefficient (Wildman–Crippen LogP) is 6.32. The number of benzene rings is 2. The molecule has 0 saturated heterocycles. The van der Waals surface area contributed by atoms with Crippen molar-refractivity contribution in [3.05, 3.63) is 70.2 Å². The van der Waals surface area contributed by atoms with Gasteiger partial charge in [-0.2, -0.15) is 13.2 Å². The first-order valence-electron chi connectivity index (χ1n) is 10.3. The normalized spacial score (nSPS) is 16.5. The van der Waals surface area contributed by atoms with E-state index in [1.54, 1.807) is 17.0 Å². The van der Waals surface area contributed by atoms with Gasteiger partial charge in [-0.15, -0.1) is 0 Å². The van der Waals surface area contributed by atoms with Crippen LogP contribution >= 0.6 is 11.6 Å². The second kappa shape index (κ2) is 9.53. The molecule has 1 aliphatic heterocycles. The summed E-state index contributed by atoms with van der Waals surface area (Å²) in [5.41, 5.74) is 0.857. The highest BCUT2D eigenvalue weighted by Gasteiger charge is 2.32. The molecule has 1 atom stereocenters. The Morgan fingerprint density at radius 1 is 1.16 bits per heavy atom. The van der Waals surface area contributed by atoms with E-state index in [0.717, 1.165) is 17.7 Å². The fourth-order valence-corrected chi connectivity index (χ4v) is 3.76. The number of hydrogen-bond donors (Lipinski definition) is 0. The van der Waals surface area contributed by atoms with Crippen molar-refractivity contribution in [2.24, 2.45) is 10.6 Å². The molecule has 32 heavy (non-hydrogen) atoms. The molecule has 2 aromatic carbocycles. The van der Waals surface area contributed by atoms with Crippen LogP contribution in [0.3, 0.4) is 0 Å². The molecule has 0 aliphatic carbocycles. The summed E-state index contributed by atoms with van der Waals surface area (Å²) in [6, 6.07) is 12.3. The third-order valence-electron chi connectivity index (χ3n) is 5.00. The van der Waals surface area contributed by atoms with E-state index in [1.165, 1.54) is 6.07 Å². The second-order valence-corrected chi connectivity index (χ2v) is 9.57. The zero-order valence-electron chi connectivity index (χ0n) is 18.2. The van der Waals surface area contributed by atoms with Crippen LogP contribution in [0.2, 0.25) is 5.02 Å². The molecule has 172 valence electrons. The SMILES string of the molecule is CC(C)(C)CC(=O)N(Cc1cccc(C(F)(F)F)c1)CC1CC(c2ccccc2Cl)=NO1. The number of carbonyl (C=O) groups is 1. The summed E-state index contributed by atoms with van der Waals surface area (Å²) in [6.45, 7) is 6.09. The van der Waals surface area contributed by atoms with Gasteiger partial charge in [0.1, 0.15) is 0 Å². The number of alkyl halides is 3. The van der Waals surface area contributed by atoms with Gasteiger partial charge in [-0.25, -0.2) is 0 Å². The zero-order valence-corrected chi connectivity index (χ0v) is 19.0. The Morgan fingerprint density at radius 3 is 2.53 bits per heavy atom. The molecule has 3 rings (SSSR count). The van der Waals surface area contributed by atoms with Crippen LogP contribution < -0.4 is 0 Å². The molecule has 0 bridgehead atoms. The smallest absolute Gasteiger partial charge is 0.390 e. The highest BCUT2D eigenvalue weighted by molar-refractivity contribution is 6.34. The van der Waals surface area contributed by atoms with Crippen molar-refractivity contribution >= 4 is 23.2 Å². The minimum absolute atomic E-state index is 0.0557. The summed E-state index contributed by atoms with van der Waals surface area (Å²) >= 11 is 6.25. The topological polar surface area (TPSA) is 41.9 Å². The molecule has 0 saturated carbocycles. The van der Waals surface area contributed by atoms with Crippen LogP contribution in [0.4, 0.5) is 13.2 Å². The van der Waals surface area contributed by atoms with Gasteiger partial charge in [0.15, 0.2) is 6.10 Å². The third-order valence-corrected chi connectivity index (χ3v) is 5.33. The summed E-state index contributed by atoms with van der Waals surface area (Å²) in [6.07, 6.45) is -4.14. The number of carbonyl (C=O) groups excluding carboxylic acids is 1. The maximum Gasteiger partial charge on any atom is 0.416 e. The van der Waals surface area contributed by atoms with E-state index in [0.29, 0.717) is 22.7 Å². The van der Waals surface area contributed by atoms with Gasteiger partial charge in [-0.05, 0) is 29.2 Å². The largest absolute Gasteiger partial charge is 0.416 e. The van der Waals surface area contributed by atoms with Gasteiger partial charge in [0.2, 0.25) is 5.91 Å². The maximum atomic E-state index is 13.1. The van der Waals surface area contributed by atoms with Crippen LogP contribution in [-0.4, -0.2) is 29.2 Å². The molecule has 0 spiro atoms. The Morgan fingerprint density at radius 2 is 1.88 bits per heavy atom. The summed E-state index contributed by atoms with van der Waals surface area (Å²) in [5, 5.41) is 4.69. The van der Waals surface area contributed by atoms with Crippen LogP contribution in [0, 0.1) is 5.41 Å². The standard InChI is InChI=1S/C24H26ClF3N2O2/c1-23(2,3)13-22(31)30(14-16-7-6-8-17(11-16)24(26,27)28)15-18-12-21(29-32-18)19-9-4-5-10-20(19)25/h4-11,18H,12-15H2,1-3H3. The van der Waals surface area contributed by atoms with Crippen LogP contribution in [0.15, 0.2) is 53.7 Å². The quantitative estimate of drug-likeness (QED) is 0.500. The molecule has 1 unspecified atom stereocenters. The van der Waals surface area contributed by atoms with Gasteiger partial charge in [-0.1, -0.05) is 67.9 Å². The van der Waals surface area contributed by atoms with Gasteiger partial charge in [0, 0.05) is 30.0 Å². The Balaban J connectivity index is 1.76. The number of hydrogen-bond acceptors (Lipinski definition) is 3. The van der Waals surface area contributed by atoms with Crippen molar-refractivity contribution in [1.29, 1.82) is 0 Å². The van der Waals surface area contributed by atoms with Gasteiger partial charge in [-0.3, -0.25) is 4.79 Å². The van der Waals surface area contributed by atoms with Crippen molar-refractivity contribution in [2.45, 2.75) is 52.4 Å². The van der Waals surface area contributed by atoms with E-state index in [4.69, 9.17) is 16.4 Å². The molecule has 1 amide bonds. The van der Waals surface area contributed by atoms with E-state index in [2.05, 4.69) is 5.16 Å². The molecule has 2 aromatic rings. The lowest BCUT2D eigenvalue weighted by Crippen LogP contribution is -2.38. The molecular weight excluding hydrogens is 441 g/mol. The van der Waals surface area contributed by atoms with Crippen LogP contribution in [0.1, 0.15) is 50.3 Å². The van der Waals surface area contributed by atoms with E-state index in [-0.39, 0.29) is 30.8 Å². The van der Waals surface area contributed by atoms with E-state index in [1.807, 2.05) is 39.0 Å². The zero-order chi connectivity index (χ0) is 23.5. The number of amides is 1. The van der Waals surface area contributed by atoms with Crippen molar-refractivity contribution in [3.8, 4) is 0 Å². The average molecular weight is 467 g/mol. The first-order valence-corrected chi connectivity index (χ1v) is 10.7. The summed E-state index contributed by atoms with van der Waals surface area (Å²) < 4.78 is 39.4. The lowest BCUT2D eigenvalue weighted by atomic mass is 9.91.